The summed E-state index contributed by atoms with van der Waals surface area (Å²) in [4.78, 5) is 37.6. The second-order valence-corrected chi connectivity index (χ2v) is 7.92. The molecule has 2 heterocycles. The summed E-state index contributed by atoms with van der Waals surface area (Å²) in [5.41, 5.74) is 7.09. The smallest absolute Gasteiger partial charge is 0.336 e. The Labute approximate surface area is 185 Å². The summed E-state index contributed by atoms with van der Waals surface area (Å²) in [6.07, 6.45) is 1.74. The number of hydrogen-bond acceptors (Lipinski definition) is 6. The molecule has 0 saturated carbocycles. The Balaban J connectivity index is 1.37. The van der Waals surface area contributed by atoms with Crippen LogP contribution in [0.25, 0.3) is 11.0 Å². The fourth-order valence-electron chi connectivity index (χ4n) is 3.92. The van der Waals surface area contributed by atoms with Crippen molar-refractivity contribution in [2.45, 2.75) is 19.4 Å². The number of para-hydroxylation sites is 1. The normalized spacial score (nSPS) is 16.6. The third-order valence-electron chi connectivity index (χ3n) is 5.56. The van der Waals surface area contributed by atoms with Gasteiger partial charge < -0.3 is 20.2 Å². The van der Waals surface area contributed by atoms with Crippen LogP contribution in [0.1, 0.15) is 18.4 Å². The van der Waals surface area contributed by atoms with Gasteiger partial charge in [-0.2, -0.15) is 0 Å². The fourth-order valence-corrected chi connectivity index (χ4v) is 3.92. The first-order valence-corrected chi connectivity index (χ1v) is 10.5. The van der Waals surface area contributed by atoms with E-state index in [4.69, 9.17) is 14.9 Å². The summed E-state index contributed by atoms with van der Waals surface area (Å²) < 4.78 is 10.7. The van der Waals surface area contributed by atoms with E-state index in [-0.39, 0.29) is 24.3 Å². The third kappa shape index (κ3) is 5.33. The number of amides is 2. The van der Waals surface area contributed by atoms with Crippen molar-refractivity contribution in [3.8, 4) is 5.75 Å². The molecule has 3 aromatic rings. The standard InChI is InChI=1S/C24H25N3O5/c25-24(30)18-5-3-11-27(14-18)13-17-4-1-2-6-20(17)26-22(28)15-31-19-9-7-16-8-10-23(29)32-21(16)12-19/h1-2,4,6-10,12,18H,3,5,11,13-15H2,(H2,25,30)(H,26,28). The summed E-state index contributed by atoms with van der Waals surface area (Å²) >= 11 is 0. The van der Waals surface area contributed by atoms with Gasteiger partial charge in [0, 0.05) is 36.3 Å². The van der Waals surface area contributed by atoms with Crippen molar-refractivity contribution in [2.75, 3.05) is 25.0 Å². The maximum atomic E-state index is 12.5. The number of anilines is 1. The quantitative estimate of drug-likeness (QED) is 0.551. The van der Waals surface area contributed by atoms with E-state index in [1.54, 1.807) is 24.3 Å². The molecule has 0 radical (unpaired) electrons. The first-order valence-electron chi connectivity index (χ1n) is 10.5. The van der Waals surface area contributed by atoms with E-state index in [2.05, 4.69) is 10.2 Å². The summed E-state index contributed by atoms with van der Waals surface area (Å²) in [7, 11) is 0. The number of piperidine rings is 1. The highest BCUT2D eigenvalue weighted by Crippen LogP contribution is 2.23. The molecule has 2 amide bonds. The second kappa shape index (κ2) is 9.65. The Kier molecular flexibility index (Phi) is 6.51. The van der Waals surface area contributed by atoms with Gasteiger partial charge in [-0.25, -0.2) is 4.79 Å². The lowest BCUT2D eigenvalue weighted by molar-refractivity contribution is -0.123. The van der Waals surface area contributed by atoms with Gasteiger partial charge in [0.2, 0.25) is 5.91 Å². The molecular weight excluding hydrogens is 410 g/mol. The van der Waals surface area contributed by atoms with Crippen LogP contribution in [-0.2, 0) is 16.1 Å². The molecule has 4 rings (SSSR count). The van der Waals surface area contributed by atoms with Crippen molar-refractivity contribution in [2.24, 2.45) is 11.7 Å². The molecule has 0 aliphatic carbocycles. The number of carbonyl (C=O) groups excluding carboxylic acids is 2. The van der Waals surface area contributed by atoms with Crippen LogP contribution in [-0.4, -0.2) is 36.4 Å². The number of carbonyl (C=O) groups is 2. The van der Waals surface area contributed by atoms with Crippen molar-refractivity contribution < 1.29 is 18.7 Å². The van der Waals surface area contributed by atoms with Gasteiger partial charge in [-0.3, -0.25) is 14.5 Å². The molecule has 1 atom stereocenters. The molecule has 8 heteroatoms. The first-order chi connectivity index (χ1) is 15.5. The zero-order valence-electron chi connectivity index (χ0n) is 17.6. The number of nitrogens with two attached hydrogens (primary N) is 1. The summed E-state index contributed by atoms with van der Waals surface area (Å²) in [6, 6.07) is 15.7. The largest absolute Gasteiger partial charge is 0.484 e. The van der Waals surface area contributed by atoms with Gasteiger partial charge in [0.15, 0.2) is 6.61 Å². The van der Waals surface area contributed by atoms with Gasteiger partial charge in [-0.05, 0) is 49.2 Å². The predicted molar refractivity (Wildman–Crippen MR) is 120 cm³/mol. The van der Waals surface area contributed by atoms with Gasteiger partial charge >= 0.3 is 5.63 Å². The predicted octanol–water partition coefficient (Wildman–Crippen LogP) is 2.51. The van der Waals surface area contributed by atoms with Crippen molar-refractivity contribution >= 4 is 28.5 Å². The van der Waals surface area contributed by atoms with Gasteiger partial charge in [0.05, 0.1) is 5.92 Å². The average molecular weight is 435 g/mol. The van der Waals surface area contributed by atoms with Crippen LogP contribution < -0.4 is 21.4 Å². The fraction of sp³-hybridized carbons (Fsp3) is 0.292. The molecule has 1 aliphatic heterocycles. The highest BCUT2D eigenvalue weighted by Gasteiger charge is 2.24. The highest BCUT2D eigenvalue weighted by atomic mass is 16.5. The number of nitrogens with one attached hydrogen (secondary N) is 1. The second-order valence-electron chi connectivity index (χ2n) is 7.92. The van der Waals surface area contributed by atoms with E-state index in [0.29, 0.717) is 30.1 Å². The third-order valence-corrected chi connectivity index (χ3v) is 5.56. The Hall–Kier alpha value is -3.65. The average Bonchev–Trinajstić information content (AvgIpc) is 2.79. The van der Waals surface area contributed by atoms with Crippen LogP contribution >= 0.6 is 0 Å². The molecule has 1 fully saturated rings. The van der Waals surface area contributed by atoms with E-state index in [9.17, 15) is 14.4 Å². The Morgan fingerprint density at radius 3 is 2.81 bits per heavy atom. The summed E-state index contributed by atoms with van der Waals surface area (Å²) in [6.45, 7) is 1.93. The Morgan fingerprint density at radius 1 is 1.16 bits per heavy atom. The summed E-state index contributed by atoms with van der Waals surface area (Å²) in [5.74, 6) is -0.270. The van der Waals surface area contributed by atoms with E-state index in [1.165, 1.54) is 6.07 Å². The maximum absolute atomic E-state index is 12.5. The monoisotopic (exact) mass is 435 g/mol. The van der Waals surface area contributed by atoms with Crippen LogP contribution in [0.3, 0.4) is 0 Å². The van der Waals surface area contributed by atoms with Gasteiger partial charge in [-0.15, -0.1) is 0 Å². The molecule has 8 nitrogen and oxygen atoms in total. The van der Waals surface area contributed by atoms with Crippen LogP contribution in [0.2, 0.25) is 0 Å². The molecule has 32 heavy (non-hydrogen) atoms. The first kappa shape index (κ1) is 21.6. The lowest BCUT2D eigenvalue weighted by Gasteiger charge is -2.31. The number of nitrogens with zero attached hydrogens (tertiary/aromatic N) is 1. The van der Waals surface area contributed by atoms with Crippen molar-refractivity contribution in [3.63, 3.8) is 0 Å². The maximum Gasteiger partial charge on any atom is 0.336 e. The molecular formula is C24H25N3O5. The number of primary amides is 1. The number of rotatable bonds is 7. The number of likely N-dealkylation sites (tertiary alicyclic amines) is 1. The minimum Gasteiger partial charge on any atom is -0.484 e. The molecule has 3 N–H and O–H groups in total. The topological polar surface area (TPSA) is 115 Å². The Bertz CT molecular complexity index is 1190. The summed E-state index contributed by atoms with van der Waals surface area (Å²) in [5, 5.41) is 3.66. The Morgan fingerprint density at radius 2 is 1.97 bits per heavy atom. The van der Waals surface area contributed by atoms with Crippen LogP contribution in [0, 0.1) is 5.92 Å². The van der Waals surface area contributed by atoms with Crippen molar-refractivity contribution in [1.29, 1.82) is 0 Å². The van der Waals surface area contributed by atoms with Gasteiger partial charge in [-0.1, -0.05) is 18.2 Å². The van der Waals surface area contributed by atoms with Gasteiger partial charge in [0.1, 0.15) is 11.3 Å². The number of ether oxygens (including phenoxy) is 1. The van der Waals surface area contributed by atoms with E-state index in [1.807, 2.05) is 24.3 Å². The van der Waals surface area contributed by atoms with Crippen LogP contribution in [0.4, 0.5) is 5.69 Å². The lowest BCUT2D eigenvalue weighted by Crippen LogP contribution is -2.40. The van der Waals surface area contributed by atoms with Crippen molar-refractivity contribution in [1.82, 2.24) is 4.90 Å². The van der Waals surface area contributed by atoms with E-state index < -0.39 is 5.63 Å². The van der Waals surface area contributed by atoms with Gasteiger partial charge in [0.25, 0.3) is 5.91 Å². The van der Waals surface area contributed by atoms with Crippen LogP contribution in [0.5, 0.6) is 5.75 Å². The van der Waals surface area contributed by atoms with E-state index >= 15 is 0 Å². The number of fused-ring (bicyclic) bond motifs is 1. The van der Waals surface area contributed by atoms with Crippen LogP contribution in [0.15, 0.2) is 63.8 Å². The molecule has 166 valence electrons. The molecule has 2 aromatic carbocycles. The highest BCUT2D eigenvalue weighted by molar-refractivity contribution is 5.92. The number of hydrogen-bond donors (Lipinski definition) is 2. The van der Waals surface area contributed by atoms with Crippen molar-refractivity contribution in [3.05, 3.63) is 70.6 Å². The zero-order valence-corrected chi connectivity index (χ0v) is 17.6. The molecule has 0 spiro atoms. The lowest BCUT2D eigenvalue weighted by atomic mass is 9.97. The minimum atomic E-state index is -0.445. The molecule has 1 unspecified atom stereocenters. The zero-order chi connectivity index (χ0) is 22.5. The SMILES string of the molecule is NC(=O)C1CCCN(Cc2ccccc2NC(=O)COc2ccc3ccc(=O)oc3c2)C1. The number of benzene rings is 2. The molecule has 1 aliphatic rings. The molecule has 1 aromatic heterocycles. The minimum absolute atomic E-state index is 0.134. The van der Waals surface area contributed by atoms with E-state index in [0.717, 1.165) is 30.3 Å². The molecule has 0 bridgehead atoms. The molecule has 1 saturated heterocycles.